The van der Waals surface area contributed by atoms with Crippen molar-refractivity contribution >= 4 is 93.6 Å². The van der Waals surface area contributed by atoms with E-state index in [4.69, 9.17) is 0 Å². The van der Waals surface area contributed by atoms with E-state index in [0.717, 1.165) is 12.8 Å². The van der Waals surface area contributed by atoms with Crippen molar-refractivity contribution in [3.8, 4) is 11.1 Å². The zero-order valence-corrected chi connectivity index (χ0v) is 46.3. The standard InChI is InChI=1S/C62H60N6O6S4/c1-75-41-21-25-57-45(35-41)53(33-39-11-3-9-17-55(39)77-57)63-27-29-65-59(69)47-31-37(19-23-51(47)67-49-15-7-5-13-43(49)61(71)72)38-20-24-52(68-50-16-8-6-14-44(50)62(73)74)48(32-38)60(70)66-30-28-64-54-34-40-12-4-10-18-56(40)78-58-26-22-42(76-2)36-46(54)58/h3-26,31-32,35-36,39,45,53-55,57,63-64,67-68H,27-30,33-34H2,1-2H3,(H,65,69)(H,66,70)(H,71,72)(H,73,74). The molecule has 0 spiro atoms. The minimum atomic E-state index is -1.12. The van der Waals surface area contributed by atoms with Gasteiger partial charge in [-0.1, -0.05) is 109 Å². The zero-order chi connectivity index (χ0) is 54.1. The van der Waals surface area contributed by atoms with Crippen molar-refractivity contribution in [3.63, 3.8) is 0 Å². The smallest absolute Gasteiger partial charge is 0.337 e. The van der Waals surface area contributed by atoms with Gasteiger partial charge < -0.3 is 42.1 Å². The predicted molar refractivity (Wildman–Crippen MR) is 321 cm³/mol. The highest BCUT2D eigenvalue weighted by Gasteiger charge is 2.38. The number of allylic oxidation sites excluding steroid dienone is 4. The summed E-state index contributed by atoms with van der Waals surface area (Å²) in [6, 6.07) is 38.9. The molecule has 78 heavy (non-hydrogen) atoms. The zero-order valence-electron chi connectivity index (χ0n) is 43.0. The third-order valence-electron chi connectivity index (χ3n) is 14.5. The van der Waals surface area contributed by atoms with Crippen LogP contribution in [0.4, 0.5) is 22.7 Å². The lowest BCUT2D eigenvalue weighted by Crippen LogP contribution is -2.43. The quantitative estimate of drug-likeness (QED) is 0.0283. The summed E-state index contributed by atoms with van der Waals surface area (Å²) in [4.78, 5) is 58.6. The van der Waals surface area contributed by atoms with Crippen molar-refractivity contribution in [3.05, 3.63) is 208 Å². The summed E-state index contributed by atoms with van der Waals surface area (Å²) in [5.74, 6) is -2.32. The number of anilines is 4. The molecule has 6 unspecified atom stereocenters. The highest BCUT2D eigenvalue weighted by Crippen LogP contribution is 2.45. The average Bonchev–Trinajstić information content (AvgIpc) is 3.74. The Labute approximate surface area is 471 Å². The van der Waals surface area contributed by atoms with Gasteiger partial charge in [0.15, 0.2) is 0 Å². The van der Waals surface area contributed by atoms with Crippen LogP contribution < -0.4 is 31.9 Å². The van der Waals surface area contributed by atoms with E-state index in [1.807, 2.05) is 23.9 Å². The predicted octanol–water partition coefficient (Wildman–Crippen LogP) is 12.5. The van der Waals surface area contributed by atoms with Crippen LogP contribution in [0.25, 0.3) is 11.1 Å². The molecule has 6 atom stereocenters. The van der Waals surface area contributed by atoms with Gasteiger partial charge in [0.2, 0.25) is 0 Å². The Morgan fingerprint density at radius 1 is 0.590 bits per heavy atom. The Hall–Kier alpha value is -6.92. The van der Waals surface area contributed by atoms with Gasteiger partial charge in [0.05, 0.1) is 45.0 Å². The Morgan fingerprint density at radius 3 is 1.83 bits per heavy atom. The first-order valence-corrected chi connectivity index (χ1v) is 30.1. The second-order valence-corrected chi connectivity index (χ2v) is 23.5. The molecule has 6 aromatic rings. The van der Waals surface area contributed by atoms with E-state index < -0.39 is 11.9 Å². The molecular weight excluding hydrogens is 1050 g/mol. The summed E-state index contributed by atoms with van der Waals surface area (Å²) in [5.41, 5.74) is 5.73. The Bertz CT molecular complexity index is 3380. The lowest BCUT2D eigenvalue weighted by atomic mass is 9.84. The number of benzene rings is 6. The first kappa shape index (κ1) is 54.4. The van der Waals surface area contributed by atoms with Crippen molar-refractivity contribution in [1.82, 2.24) is 21.3 Å². The average molecular weight is 1110 g/mol. The number of carbonyl (C=O) groups is 4. The van der Waals surface area contributed by atoms with Crippen molar-refractivity contribution in [2.45, 2.75) is 50.1 Å². The molecule has 0 saturated carbocycles. The van der Waals surface area contributed by atoms with Crippen LogP contribution in [0.5, 0.6) is 0 Å². The molecule has 1 saturated heterocycles. The van der Waals surface area contributed by atoms with Crippen LogP contribution in [-0.4, -0.2) is 89.2 Å². The molecule has 2 amide bonds. The number of nitrogens with one attached hydrogen (secondary N) is 6. The third-order valence-corrected chi connectivity index (χ3v) is 18.7. The lowest BCUT2D eigenvalue weighted by Gasteiger charge is -2.31. The molecule has 2 aliphatic heterocycles. The Balaban J connectivity index is 0.911. The first-order valence-electron chi connectivity index (χ1n) is 25.9. The molecule has 8 N–H and O–H groups in total. The number of carboxylic acids is 2. The molecule has 0 radical (unpaired) electrons. The molecule has 6 aromatic carbocycles. The van der Waals surface area contributed by atoms with Gasteiger partial charge in [-0.3, -0.25) is 9.59 Å². The van der Waals surface area contributed by atoms with Crippen LogP contribution in [0, 0.1) is 11.8 Å². The highest BCUT2D eigenvalue weighted by atomic mass is 32.2. The van der Waals surface area contributed by atoms with Gasteiger partial charge in [0.25, 0.3) is 11.8 Å². The molecule has 2 heterocycles. The second-order valence-electron chi connectivity index (χ2n) is 19.3. The maximum atomic E-state index is 14.6. The van der Waals surface area contributed by atoms with Gasteiger partial charge in [-0.25, -0.2) is 9.59 Å². The van der Waals surface area contributed by atoms with Crippen molar-refractivity contribution in [2.75, 3.05) is 49.3 Å². The molecule has 2 aliphatic carbocycles. The van der Waals surface area contributed by atoms with E-state index in [-0.39, 0.29) is 58.6 Å². The molecule has 16 heteroatoms. The minimum absolute atomic E-state index is 0.000699. The maximum Gasteiger partial charge on any atom is 0.337 e. The van der Waals surface area contributed by atoms with E-state index in [1.165, 1.54) is 42.9 Å². The summed E-state index contributed by atoms with van der Waals surface area (Å²) >= 11 is 7.23. The molecule has 0 bridgehead atoms. The van der Waals surface area contributed by atoms with Gasteiger partial charge >= 0.3 is 11.9 Å². The van der Waals surface area contributed by atoms with Crippen LogP contribution in [0.15, 0.2) is 190 Å². The summed E-state index contributed by atoms with van der Waals surface area (Å²) < 4.78 is 0. The van der Waals surface area contributed by atoms with Gasteiger partial charge in [0, 0.05) is 74.3 Å². The number of fused-ring (bicyclic) bond motifs is 4. The SMILES string of the molecule is CSC1=CC2C(NCCNC(=O)c3cc(-c4ccc(Nc5ccccc5C(=O)O)c(C(=O)NCCNC5Cc6ccccc6Sc6ccc(SC)cc65)c4)ccc3Nc3ccccc3C(=O)O)CC3C=CC=CC3SC2C=C1. The Morgan fingerprint density at radius 2 is 1.19 bits per heavy atom. The van der Waals surface area contributed by atoms with Crippen LogP contribution in [0.1, 0.15) is 65.0 Å². The largest absolute Gasteiger partial charge is 0.478 e. The fourth-order valence-electron chi connectivity index (χ4n) is 10.5. The second kappa shape index (κ2) is 25.3. The first-order chi connectivity index (χ1) is 38.0. The fraction of sp³-hybridized carbons (Fsp3) is 0.226. The molecule has 398 valence electrons. The van der Waals surface area contributed by atoms with Crippen molar-refractivity contribution < 1.29 is 29.4 Å². The minimum Gasteiger partial charge on any atom is -0.478 e. The summed E-state index contributed by atoms with van der Waals surface area (Å²) in [6.07, 6.45) is 21.8. The van der Waals surface area contributed by atoms with Gasteiger partial charge in [-0.2, -0.15) is 0 Å². The van der Waals surface area contributed by atoms with Crippen LogP contribution in [0.3, 0.4) is 0 Å². The number of hydrogen-bond donors (Lipinski definition) is 8. The van der Waals surface area contributed by atoms with E-state index in [2.05, 4.69) is 129 Å². The summed E-state index contributed by atoms with van der Waals surface area (Å²) in [7, 11) is 0. The van der Waals surface area contributed by atoms with Gasteiger partial charge in [-0.05, 0) is 126 Å². The maximum absolute atomic E-state index is 14.6. The van der Waals surface area contributed by atoms with Crippen molar-refractivity contribution in [2.24, 2.45) is 11.8 Å². The summed E-state index contributed by atoms with van der Waals surface area (Å²) in [6.45, 7) is 1.60. The number of hydrogen-bond acceptors (Lipinski definition) is 12. The monoisotopic (exact) mass is 1110 g/mol. The van der Waals surface area contributed by atoms with E-state index >= 15 is 0 Å². The molecule has 4 aliphatic rings. The van der Waals surface area contributed by atoms with Crippen LogP contribution >= 0.6 is 47.0 Å². The lowest BCUT2D eigenvalue weighted by molar-refractivity contribution is 0.0687. The normalized spacial score (nSPS) is 19.8. The fourth-order valence-corrected chi connectivity index (χ4v) is 14.1. The molecular formula is C62H60N6O6S4. The number of aromatic carboxylic acids is 2. The number of thioether (sulfide) groups is 3. The van der Waals surface area contributed by atoms with Crippen LogP contribution in [0.2, 0.25) is 0 Å². The number of para-hydroxylation sites is 2. The number of carbonyl (C=O) groups excluding carboxylic acids is 2. The van der Waals surface area contributed by atoms with E-state index in [1.54, 1.807) is 95.9 Å². The number of carboxylic acid groups (broad SMARTS) is 2. The highest BCUT2D eigenvalue weighted by molar-refractivity contribution is 8.02. The van der Waals surface area contributed by atoms with E-state index in [9.17, 15) is 29.4 Å². The number of rotatable bonds is 19. The summed E-state index contributed by atoms with van der Waals surface area (Å²) in [5, 5.41) is 41.2. The number of amides is 2. The van der Waals surface area contributed by atoms with Gasteiger partial charge in [-0.15, -0.1) is 35.3 Å². The molecule has 1 fully saturated rings. The molecule has 0 aromatic heterocycles. The molecule has 12 nitrogen and oxygen atoms in total. The Kier molecular flexibility index (Phi) is 17.6. The van der Waals surface area contributed by atoms with Crippen molar-refractivity contribution in [1.29, 1.82) is 0 Å². The van der Waals surface area contributed by atoms with Gasteiger partial charge in [0.1, 0.15) is 0 Å². The topological polar surface area (TPSA) is 181 Å². The molecule has 10 rings (SSSR count). The third kappa shape index (κ3) is 12.7. The van der Waals surface area contributed by atoms with E-state index in [0.29, 0.717) is 69.9 Å². The van der Waals surface area contributed by atoms with Crippen LogP contribution in [-0.2, 0) is 6.42 Å².